The zero-order chi connectivity index (χ0) is 7.66. The average molecular weight is 142 g/mol. The Kier molecular flexibility index (Phi) is 7.61. The standard InChI is InChI=1S/C8H14O2/c9-7-5-3-1-2-4-6-8-10/h1,3,5,7,9-10H,2,4,6,8H2. The van der Waals surface area contributed by atoms with Crippen molar-refractivity contribution in [1.82, 2.24) is 0 Å². The van der Waals surface area contributed by atoms with Crippen LogP contribution in [-0.4, -0.2) is 16.8 Å². The quantitative estimate of drug-likeness (QED) is 0.349. The predicted molar refractivity (Wildman–Crippen MR) is 41.8 cm³/mol. The van der Waals surface area contributed by atoms with Gasteiger partial charge in [-0.3, -0.25) is 0 Å². The number of aliphatic hydroxyl groups excluding tert-OH is 2. The molecule has 0 aromatic rings. The minimum atomic E-state index is 0.268. The van der Waals surface area contributed by atoms with Gasteiger partial charge in [-0.05, 0) is 25.3 Å². The first-order valence-corrected chi connectivity index (χ1v) is 3.48. The molecule has 0 aromatic heterocycles. The SMILES string of the molecule is OC=CC=CCCCCO. The van der Waals surface area contributed by atoms with E-state index in [1.807, 2.05) is 6.08 Å². The number of allylic oxidation sites excluding steroid dienone is 3. The van der Waals surface area contributed by atoms with E-state index in [-0.39, 0.29) is 6.61 Å². The molecule has 58 valence electrons. The van der Waals surface area contributed by atoms with E-state index in [0.29, 0.717) is 0 Å². The predicted octanol–water partition coefficient (Wildman–Crippen LogP) is 1.78. The maximum atomic E-state index is 8.39. The Morgan fingerprint density at radius 1 is 1.10 bits per heavy atom. The van der Waals surface area contributed by atoms with Crippen LogP contribution < -0.4 is 0 Å². The molecule has 0 fully saturated rings. The molecule has 0 amide bonds. The fraction of sp³-hybridized carbons (Fsp3) is 0.500. The second kappa shape index (κ2) is 8.24. The molecule has 0 bridgehead atoms. The fourth-order valence-corrected chi connectivity index (χ4v) is 0.598. The molecule has 2 N–H and O–H groups in total. The van der Waals surface area contributed by atoms with Gasteiger partial charge >= 0.3 is 0 Å². The van der Waals surface area contributed by atoms with Crippen LogP contribution >= 0.6 is 0 Å². The monoisotopic (exact) mass is 142 g/mol. The minimum absolute atomic E-state index is 0.268. The van der Waals surface area contributed by atoms with E-state index in [1.54, 1.807) is 12.2 Å². The van der Waals surface area contributed by atoms with Crippen molar-refractivity contribution in [2.45, 2.75) is 19.3 Å². The summed E-state index contributed by atoms with van der Waals surface area (Å²) in [6.07, 6.45) is 9.14. The van der Waals surface area contributed by atoms with Gasteiger partial charge in [0.2, 0.25) is 0 Å². The van der Waals surface area contributed by atoms with Crippen LogP contribution in [0.1, 0.15) is 19.3 Å². The van der Waals surface area contributed by atoms with E-state index < -0.39 is 0 Å². The molecule has 2 nitrogen and oxygen atoms in total. The summed E-state index contributed by atoms with van der Waals surface area (Å²) in [6.45, 7) is 0.268. The van der Waals surface area contributed by atoms with Crippen molar-refractivity contribution in [3.8, 4) is 0 Å². The molecule has 0 aliphatic carbocycles. The van der Waals surface area contributed by atoms with Crippen molar-refractivity contribution >= 4 is 0 Å². The maximum absolute atomic E-state index is 8.39. The van der Waals surface area contributed by atoms with Crippen LogP contribution in [0, 0.1) is 0 Å². The average Bonchev–Trinajstić information content (AvgIpc) is 1.97. The molecule has 10 heavy (non-hydrogen) atoms. The van der Waals surface area contributed by atoms with Crippen molar-refractivity contribution in [3.05, 3.63) is 24.5 Å². The molecule has 0 atom stereocenters. The Morgan fingerprint density at radius 2 is 1.90 bits per heavy atom. The minimum Gasteiger partial charge on any atom is -0.516 e. The zero-order valence-corrected chi connectivity index (χ0v) is 6.03. The number of unbranched alkanes of at least 4 members (excludes halogenated alkanes) is 2. The van der Waals surface area contributed by atoms with Crippen LogP contribution in [0.2, 0.25) is 0 Å². The Morgan fingerprint density at radius 3 is 2.50 bits per heavy atom. The lowest BCUT2D eigenvalue weighted by molar-refractivity contribution is 0.285. The van der Waals surface area contributed by atoms with Gasteiger partial charge in [-0.1, -0.05) is 12.2 Å². The van der Waals surface area contributed by atoms with E-state index in [2.05, 4.69) is 0 Å². The van der Waals surface area contributed by atoms with Gasteiger partial charge in [0.1, 0.15) is 0 Å². The molecule has 0 saturated carbocycles. The molecule has 0 heterocycles. The number of aliphatic hydroxyl groups is 2. The van der Waals surface area contributed by atoms with Gasteiger partial charge in [-0.25, -0.2) is 0 Å². The van der Waals surface area contributed by atoms with Crippen molar-refractivity contribution in [2.75, 3.05) is 6.61 Å². The van der Waals surface area contributed by atoms with Crippen LogP contribution in [0.4, 0.5) is 0 Å². The van der Waals surface area contributed by atoms with Gasteiger partial charge in [0.25, 0.3) is 0 Å². The van der Waals surface area contributed by atoms with Crippen molar-refractivity contribution < 1.29 is 10.2 Å². The Bertz CT molecular complexity index is 106. The lowest BCUT2D eigenvalue weighted by Gasteiger charge is -1.88. The normalized spacial score (nSPS) is 11.7. The molecule has 0 unspecified atom stereocenters. The first-order chi connectivity index (χ1) is 4.91. The molecular formula is C8H14O2. The van der Waals surface area contributed by atoms with Gasteiger partial charge in [-0.15, -0.1) is 0 Å². The van der Waals surface area contributed by atoms with Crippen LogP contribution in [0.5, 0.6) is 0 Å². The van der Waals surface area contributed by atoms with E-state index in [1.165, 1.54) is 0 Å². The first-order valence-electron chi connectivity index (χ1n) is 3.48. The Balaban J connectivity index is 3.02. The Labute approximate surface area is 61.5 Å². The van der Waals surface area contributed by atoms with Crippen LogP contribution in [0.15, 0.2) is 24.5 Å². The molecule has 0 radical (unpaired) electrons. The summed E-state index contributed by atoms with van der Waals surface area (Å²) in [4.78, 5) is 0. The highest BCUT2D eigenvalue weighted by molar-refractivity contribution is 4.98. The van der Waals surface area contributed by atoms with Gasteiger partial charge in [0.15, 0.2) is 0 Å². The summed E-state index contributed by atoms with van der Waals surface area (Å²) in [5.41, 5.74) is 0. The third-order valence-electron chi connectivity index (χ3n) is 1.11. The fourth-order valence-electron chi connectivity index (χ4n) is 0.598. The lowest BCUT2D eigenvalue weighted by atomic mass is 10.2. The number of hydrogen-bond donors (Lipinski definition) is 2. The summed E-state index contributed by atoms with van der Waals surface area (Å²) in [6, 6.07) is 0. The highest BCUT2D eigenvalue weighted by atomic mass is 16.3. The third-order valence-corrected chi connectivity index (χ3v) is 1.11. The number of hydrogen-bond acceptors (Lipinski definition) is 2. The molecule has 0 aliphatic heterocycles. The first kappa shape index (κ1) is 9.24. The van der Waals surface area contributed by atoms with Gasteiger partial charge in [0.05, 0.1) is 6.26 Å². The number of rotatable bonds is 5. The van der Waals surface area contributed by atoms with Crippen LogP contribution in [-0.2, 0) is 0 Å². The second-order valence-corrected chi connectivity index (χ2v) is 1.99. The molecule has 0 aromatic carbocycles. The molecule has 0 aliphatic rings. The summed E-state index contributed by atoms with van der Waals surface area (Å²) in [5.74, 6) is 0. The van der Waals surface area contributed by atoms with E-state index in [0.717, 1.165) is 25.5 Å². The van der Waals surface area contributed by atoms with Crippen LogP contribution in [0.3, 0.4) is 0 Å². The third kappa shape index (κ3) is 7.24. The molecule has 0 saturated heterocycles. The van der Waals surface area contributed by atoms with E-state index in [9.17, 15) is 0 Å². The molecule has 2 heteroatoms. The maximum Gasteiger partial charge on any atom is 0.0791 e. The highest BCUT2D eigenvalue weighted by Gasteiger charge is 1.80. The lowest BCUT2D eigenvalue weighted by Crippen LogP contribution is -1.79. The van der Waals surface area contributed by atoms with Gasteiger partial charge in [-0.2, -0.15) is 0 Å². The van der Waals surface area contributed by atoms with Crippen molar-refractivity contribution in [1.29, 1.82) is 0 Å². The molecule has 0 rings (SSSR count). The summed E-state index contributed by atoms with van der Waals surface area (Å²) < 4.78 is 0. The largest absolute Gasteiger partial charge is 0.516 e. The van der Waals surface area contributed by atoms with Crippen molar-refractivity contribution in [3.63, 3.8) is 0 Å². The Hall–Kier alpha value is -0.760. The summed E-state index contributed by atoms with van der Waals surface area (Å²) in [5, 5.41) is 16.6. The van der Waals surface area contributed by atoms with E-state index in [4.69, 9.17) is 10.2 Å². The molecule has 0 spiro atoms. The van der Waals surface area contributed by atoms with Gasteiger partial charge < -0.3 is 10.2 Å². The molecular weight excluding hydrogens is 128 g/mol. The van der Waals surface area contributed by atoms with Crippen LogP contribution in [0.25, 0.3) is 0 Å². The van der Waals surface area contributed by atoms with Gasteiger partial charge in [0, 0.05) is 6.61 Å². The zero-order valence-electron chi connectivity index (χ0n) is 6.03. The second-order valence-electron chi connectivity index (χ2n) is 1.99. The highest BCUT2D eigenvalue weighted by Crippen LogP contribution is 1.94. The summed E-state index contributed by atoms with van der Waals surface area (Å²) in [7, 11) is 0. The van der Waals surface area contributed by atoms with E-state index >= 15 is 0 Å². The topological polar surface area (TPSA) is 40.5 Å². The summed E-state index contributed by atoms with van der Waals surface area (Å²) >= 11 is 0. The van der Waals surface area contributed by atoms with Crippen molar-refractivity contribution in [2.24, 2.45) is 0 Å². The smallest absolute Gasteiger partial charge is 0.0791 e.